The smallest absolute Gasteiger partial charge is 0.406 e. The number of piperidine rings is 1. The van der Waals surface area contributed by atoms with E-state index in [0.717, 1.165) is 17.7 Å². The molecule has 3 rings (SSSR count). The molecule has 0 aliphatic carbocycles. The number of carbonyl (C=O) groups is 3. The van der Waals surface area contributed by atoms with Gasteiger partial charge in [-0.25, -0.2) is 4.79 Å². The van der Waals surface area contributed by atoms with Crippen molar-refractivity contribution in [3.8, 4) is 0 Å². The molecule has 0 spiro atoms. The van der Waals surface area contributed by atoms with Crippen LogP contribution in [-0.2, 0) is 9.59 Å². The van der Waals surface area contributed by atoms with E-state index in [1.54, 1.807) is 9.80 Å². The molecular formula is C17H24F3N3O4. The third kappa shape index (κ3) is 3.58. The summed E-state index contributed by atoms with van der Waals surface area (Å²) in [4.78, 5) is 40.9. The predicted molar refractivity (Wildman–Crippen MR) is 87.8 cm³/mol. The van der Waals surface area contributed by atoms with Crippen molar-refractivity contribution in [1.29, 1.82) is 0 Å². The molecule has 3 aliphatic rings. The van der Waals surface area contributed by atoms with Crippen LogP contribution in [-0.4, -0.2) is 83.2 Å². The number of carboxylic acids is 1. The molecule has 0 aromatic rings. The molecule has 0 radical (unpaired) electrons. The highest BCUT2D eigenvalue weighted by Crippen LogP contribution is 2.46. The van der Waals surface area contributed by atoms with Crippen LogP contribution in [0.5, 0.6) is 0 Å². The Labute approximate surface area is 155 Å². The maximum Gasteiger partial charge on any atom is 0.406 e. The Morgan fingerprint density at radius 2 is 1.56 bits per heavy atom. The number of likely N-dealkylation sites (tertiary alicyclic amines) is 3. The summed E-state index contributed by atoms with van der Waals surface area (Å²) >= 11 is 0. The predicted octanol–water partition coefficient (Wildman–Crippen LogP) is 1.78. The second-order valence-electron chi connectivity index (χ2n) is 7.66. The van der Waals surface area contributed by atoms with Crippen molar-refractivity contribution in [3.63, 3.8) is 0 Å². The van der Waals surface area contributed by atoms with Gasteiger partial charge in [-0.15, -0.1) is 0 Å². The number of urea groups is 1. The third-order valence-corrected chi connectivity index (χ3v) is 5.95. The molecule has 2 unspecified atom stereocenters. The number of nitrogens with zero attached hydrogens (tertiary/aromatic N) is 3. The van der Waals surface area contributed by atoms with Crippen molar-refractivity contribution in [2.45, 2.75) is 38.3 Å². The van der Waals surface area contributed by atoms with E-state index in [1.165, 1.54) is 0 Å². The lowest BCUT2D eigenvalue weighted by Crippen LogP contribution is -2.51. The molecule has 0 saturated carbocycles. The normalized spacial score (nSPS) is 29.3. The minimum Gasteiger partial charge on any atom is -0.481 e. The largest absolute Gasteiger partial charge is 0.481 e. The zero-order valence-electron chi connectivity index (χ0n) is 15.0. The number of alkyl halides is 3. The zero-order chi connectivity index (χ0) is 19.8. The molecule has 2 atom stereocenters. The maximum atomic E-state index is 13.3. The fraction of sp³-hybridized carbons (Fsp3) is 0.824. The van der Waals surface area contributed by atoms with E-state index >= 15 is 0 Å². The molecule has 0 bridgehead atoms. The zero-order valence-corrected chi connectivity index (χ0v) is 15.0. The van der Waals surface area contributed by atoms with Crippen LogP contribution in [0.2, 0.25) is 0 Å². The lowest BCUT2D eigenvalue weighted by atomic mass is 9.86. The molecule has 3 saturated heterocycles. The summed E-state index contributed by atoms with van der Waals surface area (Å²) in [6, 6.07) is -0.124. The number of halogens is 3. The van der Waals surface area contributed by atoms with Crippen molar-refractivity contribution in [1.82, 2.24) is 14.7 Å². The topological polar surface area (TPSA) is 81.2 Å². The van der Waals surface area contributed by atoms with Gasteiger partial charge in [-0.2, -0.15) is 13.2 Å². The molecule has 1 N–H and O–H groups in total. The first kappa shape index (κ1) is 19.8. The molecule has 3 aliphatic heterocycles. The van der Waals surface area contributed by atoms with Gasteiger partial charge in [-0.05, 0) is 32.1 Å². The molecule has 10 heteroatoms. The number of hydrogen-bond donors (Lipinski definition) is 1. The van der Waals surface area contributed by atoms with Crippen molar-refractivity contribution < 1.29 is 32.7 Å². The fourth-order valence-electron chi connectivity index (χ4n) is 4.24. The van der Waals surface area contributed by atoms with Gasteiger partial charge in [-0.1, -0.05) is 0 Å². The number of rotatable bonds is 2. The van der Waals surface area contributed by atoms with Crippen molar-refractivity contribution >= 4 is 17.9 Å². The van der Waals surface area contributed by atoms with Gasteiger partial charge in [0.25, 0.3) is 0 Å². The number of aliphatic carboxylic acids is 1. The summed E-state index contributed by atoms with van der Waals surface area (Å²) < 4.78 is 39.9. The lowest BCUT2D eigenvalue weighted by Gasteiger charge is -2.36. The van der Waals surface area contributed by atoms with Crippen LogP contribution in [0.25, 0.3) is 0 Å². The first-order chi connectivity index (χ1) is 12.7. The minimum atomic E-state index is -4.92. The van der Waals surface area contributed by atoms with E-state index in [4.69, 9.17) is 5.11 Å². The second kappa shape index (κ2) is 7.20. The van der Waals surface area contributed by atoms with Gasteiger partial charge in [0.1, 0.15) is 0 Å². The Morgan fingerprint density at radius 1 is 0.926 bits per heavy atom. The van der Waals surface area contributed by atoms with Crippen LogP contribution >= 0.6 is 0 Å². The van der Waals surface area contributed by atoms with E-state index < -0.39 is 42.4 Å². The summed E-state index contributed by atoms with van der Waals surface area (Å²) in [5, 5.41) is 9.13. The summed E-state index contributed by atoms with van der Waals surface area (Å²) in [6.07, 6.45) is -2.56. The highest BCUT2D eigenvalue weighted by Gasteiger charge is 2.64. The van der Waals surface area contributed by atoms with Gasteiger partial charge >= 0.3 is 18.2 Å². The molecular weight excluding hydrogens is 367 g/mol. The van der Waals surface area contributed by atoms with Crippen molar-refractivity contribution in [3.05, 3.63) is 0 Å². The van der Waals surface area contributed by atoms with Crippen LogP contribution in [0.1, 0.15) is 32.1 Å². The maximum absolute atomic E-state index is 13.3. The first-order valence-corrected chi connectivity index (χ1v) is 9.28. The molecule has 3 heterocycles. The molecule has 7 nitrogen and oxygen atoms in total. The Bertz CT molecular complexity index is 621. The van der Waals surface area contributed by atoms with Crippen LogP contribution in [0.4, 0.5) is 18.0 Å². The van der Waals surface area contributed by atoms with Crippen LogP contribution in [0, 0.1) is 11.3 Å². The third-order valence-electron chi connectivity index (χ3n) is 5.95. The average Bonchev–Trinajstić information content (AvgIpc) is 3.30. The SMILES string of the molecule is O=C(C1CCCN(C(=O)N2CCCC2)C1)N1CCC(C(=O)O)(C(F)(F)F)C1. The Hall–Kier alpha value is -2.00. The van der Waals surface area contributed by atoms with E-state index in [1.807, 2.05) is 0 Å². The molecule has 27 heavy (non-hydrogen) atoms. The summed E-state index contributed by atoms with van der Waals surface area (Å²) in [5.41, 5.74) is -2.90. The monoisotopic (exact) mass is 391 g/mol. The van der Waals surface area contributed by atoms with E-state index in [9.17, 15) is 27.6 Å². The summed E-state index contributed by atoms with van der Waals surface area (Å²) in [5.74, 6) is -3.01. The Kier molecular flexibility index (Phi) is 5.27. The fourth-order valence-corrected chi connectivity index (χ4v) is 4.24. The van der Waals surface area contributed by atoms with Crippen molar-refractivity contribution in [2.24, 2.45) is 11.3 Å². The Morgan fingerprint density at radius 3 is 2.11 bits per heavy atom. The van der Waals surface area contributed by atoms with Gasteiger partial charge in [0.2, 0.25) is 5.91 Å². The minimum absolute atomic E-state index is 0.124. The quantitative estimate of drug-likeness (QED) is 0.778. The molecule has 152 valence electrons. The highest BCUT2D eigenvalue weighted by atomic mass is 19.4. The highest BCUT2D eigenvalue weighted by molar-refractivity contribution is 5.84. The van der Waals surface area contributed by atoms with Crippen LogP contribution in [0.15, 0.2) is 0 Å². The van der Waals surface area contributed by atoms with E-state index in [0.29, 0.717) is 32.5 Å². The second-order valence-corrected chi connectivity index (χ2v) is 7.66. The van der Waals surface area contributed by atoms with Gasteiger partial charge in [-0.3, -0.25) is 9.59 Å². The summed E-state index contributed by atoms with van der Waals surface area (Å²) in [7, 11) is 0. The number of carboxylic acid groups (broad SMARTS) is 1. The summed E-state index contributed by atoms with van der Waals surface area (Å²) in [6.45, 7) is 0.986. The van der Waals surface area contributed by atoms with Crippen molar-refractivity contribution in [2.75, 3.05) is 39.3 Å². The molecule has 0 aromatic carbocycles. The van der Waals surface area contributed by atoms with E-state index in [-0.39, 0.29) is 19.1 Å². The Balaban J connectivity index is 1.65. The van der Waals surface area contributed by atoms with Gasteiger partial charge in [0.05, 0.1) is 5.92 Å². The van der Waals surface area contributed by atoms with Gasteiger partial charge in [0, 0.05) is 39.3 Å². The van der Waals surface area contributed by atoms with Crippen LogP contribution < -0.4 is 0 Å². The lowest BCUT2D eigenvalue weighted by molar-refractivity contribution is -0.227. The molecule has 0 aromatic heterocycles. The average molecular weight is 391 g/mol. The molecule has 3 fully saturated rings. The first-order valence-electron chi connectivity index (χ1n) is 9.28. The number of carbonyl (C=O) groups excluding carboxylic acids is 2. The standard InChI is InChI=1S/C17H24F3N3O4/c18-17(19,20)16(14(25)26)5-9-23(11-16)13(24)12-4-3-8-22(10-12)15(27)21-6-1-2-7-21/h12H,1-11H2,(H,25,26). The van der Waals surface area contributed by atoms with E-state index in [2.05, 4.69) is 0 Å². The molecule has 3 amide bonds. The van der Waals surface area contributed by atoms with Gasteiger partial charge < -0.3 is 19.8 Å². The number of amides is 3. The van der Waals surface area contributed by atoms with Gasteiger partial charge in [0.15, 0.2) is 5.41 Å². The number of hydrogen-bond acceptors (Lipinski definition) is 3. The van der Waals surface area contributed by atoms with Crippen LogP contribution in [0.3, 0.4) is 0 Å².